The molecule has 0 aromatic rings. The summed E-state index contributed by atoms with van der Waals surface area (Å²) in [7, 11) is 0. The van der Waals surface area contributed by atoms with Crippen molar-refractivity contribution in [1.82, 2.24) is 5.32 Å². The van der Waals surface area contributed by atoms with Crippen molar-refractivity contribution in [3.63, 3.8) is 0 Å². The molecule has 0 aliphatic rings. The van der Waals surface area contributed by atoms with E-state index in [2.05, 4.69) is 104 Å². The summed E-state index contributed by atoms with van der Waals surface area (Å²) in [4.78, 5) is 12.3. The summed E-state index contributed by atoms with van der Waals surface area (Å²) in [6.45, 7) is 4.18. The quantitative estimate of drug-likeness (QED) is 0.0488. The molecule has 2 unspecified atom stereocenters. The molecule has 4 nitrogen and oxygen atoms in total. The highest BCUT2D eigenvalue weighted by molar-refractivity contribution is 5.76. The number of allylic oxidation sites excluding steroid dienone is 14. The van der Waals surface area contributed by atoms with Gasteiger partial charge >= 0.3 is 0 Å². The van der Waals surface area contributed by atoms with E-state index >= 15 is 0 Å². The maximum atomic E-state index is 12.3. The lowest BCUT2D eigenvalue weighted by Gasteiger charge is -2.22. The van der Waals surface area contributed by atoms with Crippen molar-refractivity contribution in [1.29, 1.82) is 0 Å². The van der Waals surface area contributed by atoms with Crippen LogP contribution in [0.2, 0.25) is 0 Å². The average molecular weight is 652 g/mol. The molecule has 0 bridgehead atoms. The van der Waals surface area contributed by atoms with E-state index < -0.39 is 12.1 Å². The highest BCUT2D eigenvalue weighted by Gasteiger charge is 2.19. The molecule has 0 fully saturated rings. The largest absolute Gasteiger partial charge is 0.394 e. The van der Waals surface area contributed by atoms with E-state index in [9.17, 15) is 15.0 Å². The number of carbonyl (C=O) groups excluding carboxylic acids is 1. The van der Waals surface area contributed by atoms with Crippen molar-refractivity contribution >= 4 is 5.91 Å². The van der Waals surface area contributed by atoms with Gasteiger partial charge in [0.05, 0.1) is 18.8 Å². The van der Waals surface area contributed by atoms with E-state index in [1.165, 1.54) is 51.4 Å². The maximum Gasteiger partial charge on any atom is 0.220 e. The zero-order chi connectivity index (χ0) is 34.3. The van der Waals surface area contributed by atoms with E-state index in [1.54, 1.807) is 0 Å². The summed E-state index contributed by atoms with van der Waals surface area (Å²) >= 11 is 0. The standard InChI is InChI=1S/C43H73NO3/c1-3-5-7-9-11-13-14-15-16-17-18-19-20-21-22-23-24-25-26-27-28-29-30-31-33-35-37-39-43(47)44-41(40-45)42(46)38-36-34-32-12-10-8-6-4-2/h5,7,11,13,15-16,18-19,21-22,24-25,27-28,41-42,45-46H,3-4,6,8-10,12,14,17,20,23,26,29-40H2,1-2H3,(H,44,47)/b7-5-,13-11-,16-15-,19-18-,22-21-,25-24-,28-27-. The molecule has 0 aromatic heterocycles. The molecule has 47 heavy (non-hydrogen) atoms. The number of unbranched alkanes of at least 4 members (excludes halogenated alkanes) is 12. The molecular weight excluding hydrogens is 578 g/mol. The van der Waals surface area contributed by atoms with Gasteiger partial charge in [0.25, 0.3) is 0 Å². The van der Waals surface area contributed by atoms with Crippen LogP contribution in [0.15, 0.2) is 85.1 Å². The number of nitrogens with one attached hydrogen (secondary N) is 1. The summed E-state index contributed by atoms with van der Waals surface area (Å²) in [5.41, 5.74) is 0. The second-order valence-corrected chi connectivity index (χ2v) is 12.6. The first-order chi connectivity index (χ1) is 23.2. The lowest BCUT2D eigenvalue weighted by molar-refractivity contribution is -0.123. The van der Waals surface area contributed by atoms with Crippen LogP contribution in [0, 0.1) is 0 Å². The molecule has 0 aromatic carbocycles. The summed E-state index contributed by atoms with van der Waals surface area (Å²) in [6, 6.07) is -0.549. The molecule has 0 aliphatic carbocycles. The van der Waals surface area contributed by atoms with Crippen LogP contribution in [-0.2, 0) is 4.79 Å². The number of aliphatic hydroxyl groups is 2. The first-order valence-corrected chi connectivity index (χ1v) is 19.3. The molecule has 3 N–H and O–H groups in total. The number of amides is 1. The van der Waals surface area contributed by atoms with Gasteiger partial charge in [0.1, 0.15) is 0 Å². The Kier molecular flexibility index (Phi) is 36.1. The van der Waals surface area contributed by atoms with E-state index in [0.29, 0.717) is 12.8 Å². The topological polar surface area (TPSA) is 69.6 Å². The Bertz CT molecular complexity index is 879. The van der Waals surface area contributed by atoms with Crippen LogP contribution in [0.25, 0.3) is 0 Å². The van der Waals surface area contributed by atoms with Crippen molar-refractivity contribution in [2.24, 2.45) is 0 Å². The minimum atomic E-state index is -0.670. The lowest BCUT2D eigenvalue weighted by atomic mass is 10.0. The fourth-order valence-corrected chi connectivity index (χ4v) is 5.22. The van der Waals surface area contributed by atoms with Crippen LogP contribution in [0.5, 0.6) is 0 Å². The minimum absolute atomic E-state index is 0.0589. The van der Waals surface area contributed by atoms with Crippen LogP contribution >= 0.6 is 0 Å². The second-order valence-electron chi connectivity index (χ2n) is 12.6. The maximum absolute atomic E-state index is 12.3. The number of hydrogen-bond acceptors (Lipinski definition) is 3. The smallest absolute Gasteiger partial charge is 0.220 e. The van der Waals surface area contributed by atoms with Crippen LogP contribution in [0.4, 0.5) is 0 Å². The van der Waals surface area contributed by atoms with Crippen LogP contribution in [0.1, 0.15) is 162 Å². The van der Waals surface area contributed by atoms with Crippen molar-refractivity contribution < 1.29 is 15.0 Å². The second kappa shape index (κ2) is 38.0. The third-order valence-electron chi connectivity index (χ3n) is 8.17. The predicted molar refractivity (Wildman–Crippen MR) is 207 cm³/mol. The van der Waals surface area contributed by atoms with Crippen LogP contribution in [0.3, 0.4) is 0 Å². The lowest BCUT2D eigenvalue weighted by Crippen LogP contribution is -2.45. The third-order valence-corrected chi connectivity index (χ3v) is 8.17. The molecule has 0 aliphatic heterocycles. The van der Waals surface area contributed by atoms with Crippen molar-refractivity contribution in [2.45, 2.75) is 174 Å². The normalized spacial score (nSPS) is 14.0. The molecule has 4 heteroatoms. The van der Waals surface area contributed by atoms with Crippen molar-refractivity contribution in [2.75, 3.05) is 6.61 Å². The van der Waals surface area contributed by atoms with E-state index in [0.717, 1.165) is 83.5 Å². The van der Waals surface area contributed by atoms with E-state index in [-0.39, 0.29) is 12.5 Å². The Morgan fingerprint density at radius 2 is 0.936 bits per heavy atom. The summed E-state index contributed by atoms with van der Waals surface area (Å²) in [6.07, 6.45) is 55.1. The molecule has 1 amide bonds. The van der Waals surface area contributed by atoms with Gasteiger partial charge in [0.15, 0.2) is 0 Å². The molecule has 268 valence electrons. The molecule has 0 spiro atoms. The Balaban J connectivity index is 3.66. The summed E-state index contributed by atoms with van der Waals surface area (Å²) in [5, 5.41) is 22.9. The minimum Gasteiger partial charge on any atom is -0.394 e. The Hall–Kier alpha value is -2.43. The highest BCUT2D eigenvalue weighted by Crippen LogP contribution is 2.13. The van der Waals surface area contributed by atoms with Gasteiger partial charge in [-0.05, 0) is 70.6 Å². The van der Waals surface area contributed by atoms with Gasteiger partial charge in [-0.1, -0.05) is 170 Å². The van der Waals surface area contributed by atoms with Gasteiger partial charge in [-0.25, -0.2) is 0 Å². The van der Waals surface area contributed by atoms with Gasteiger partial charge in [-0.15, -0.1) is 0 Å². The predicted octanol–water partition coefficient (Wildman–Crippen LogP) is 11.7. The highest BCUT2D eigenvalue weighted by atomic mass is 16.3. The van der Waals surface area contributed by atoms with Gasteiger partial charge in [-0.2, -0.15) is 0 Å². The molecule has 0 radical (unpaired) electrons. The molecule has 0 saturated carbocycles. The summed E-state index contributed by atoms with van der Waals surface area (Å²) < 4.78 is 0. The first kappa shape index (κ1) is 44.6. The molecular formula is C43H73NO3. The zero-order valence-electron chi connectivity index (χ0n) is 30.5. The monoisotopic (exact) mass is 652 g/mol. The fourth-order valence-electron chi connectivity index (χ4n) is 5.22. The van der Waals surface area contributed by atoms with Gasteiger partial charge in [-0.3, -0.25) is 4.79 Å². The Morgan fingerprint density at radius 1 is 0.532 bits per heavy atom. The zero-order valence-corrected chi connectivity index (χ0v) is 30.5. The van der Waals surface area contributed by atoms with Crippen LogP contribution < -0.4 is 5.32 Å². The fraction of sp³-hybridized carbons (Fsp3) is 0.651. The van der Waals surface area contributed by atoms with E-state index in [1.807, 2.05) is 0 Å². The average Bonchev–Trinajstić information content (AvgIpc) is 3.07. The molecule has 2 atom stereocenters. The molecule has 0 rings (SSSR count). The van der Waals surface area contributed by atoms with Gasteiger partial charge in [0, 0.05) is 6.42 Å². The summed E-state index contributed by atoms with van der Waals surface area (Å²) in [5.74, 6) is -0.0589. The van der Waals surface area contributed by atoms with Crippen LogP contribution in [-0.4, -0.2) is 34.9 Å². The number of carbonyl (C=O) groups is 1. The van der Waals surface area contributed by atoms with Crippen molar-refractivity contribution in [3.05, 3.63) is 85.1 Å². The Labute approximate surface area is 291 Å². The third kappa shape index (κ3) is 34.7. The number of rotatable bonds is 33. The van der Waals surface area contributed by atoms with Gasteiger partial charge in [0.2, 0.25) is 5.91 Å². The molecule has 0 saturated heterocycles. The van der Waals surface area contributed by atoms with Crippen molar-refractivity contribution in [3.8, 4) is 0 Å². The first-order valence-electron chi connectivity index (χ1n) is 19.3. The number of aliphatic hydroxyl groups excluding tert-OH is 2. The SMILES string of the molecule is CC/C=C\C/C=C\C/C=C\C/C=C\C/C=C\C/C=C\C/C=C\CCCCCCCC(=O)NC(CO)C(O)CCCCCCCCCC. The molecule has 0 heterocycles. The van der Waals surface area contributed by atoms with E-state index in [4.69, 9.17) is 0 Å². The van der Waals surface area contributed by atoms with Gasteiger partial charge < -0.3 is 15.5 Å². The Morgan fingerprint density at radius 3 is 1.40 bits per heavy atom. The number of hydrogen-bond donors (Lipinski definition) is 3.